The number of nitrogens with zero attached hydrogens (tertiary/aromatic N) is 1. The van der Waals surface area contributed by atoms with Crippen LogP contribution in [0.4, 0.5) is 0 Å². The van der Waals surface area contributed by atoms with Gasteiger partial charge in [-0.1, -0.05) is 18.2 Å². The third kappa shape index (κ3) is 1.45. The number of carbonyl (C=O) groups is 2. The molecule has 0 aromatic heterocycles. The zero-order valence-electron chi connectivity index (χ0n) is 9.14. The van der Waals surface area contributed by atoms with Crippen molar-refractivity contribution in [2.45, 2.75) is 19.4 Å². The first-order valence-corrected chi connectivity index (χ1v) is 5.24. The molecule has 82 valence electrons. The Morgan fingerprint density at radius 1 is 1.25 bits per heavy atom. The van der Waals surface area contributed by atoms with E-state index in [-0.39, 0.29) is 17.9 Å². The van der Waals surface area contributed by atoms with Crippen molar-refractivity contribution in [1.29, 1.82) is 0 Å². The number of hydrogen-bond donors (Lipinski definition) is 0. The summed E-state index contributed by atoms with van der Waals surface area (Å²) in [6.07, 6.45) is 2.33. The molecule has 0 aliphatic carbocycles. The molecule has 0 radical (unpaired) electrons. The van der Waals surface area contributed by atoms with Crippen molar-refractivity contribution in [3.63, 3.8) is 0 Å². The van der Waals surface area contributed by atoms with Gasteiger partial charge in [-0.05, 0) is 25.5 Å². The first-order valence-electron chi connectivity index (χ1n) is 5.24. The standard InChI is InChI=1S/C13H13NO2/c1-3-6-9(2)14-12(15)10-7-4-5-8-11(10)13(14)16/h3-5,7-9H,1,6H2,2H3/t9-/m1/s1. The van der Waals surface area contributed by atoms with E-state index in [1.54, 1.807) is 30.3 Å². The zero-order chi connectivity index (χ0) is 11.7. The summed E-state index contributed by atoms with van der Waals surface area (Å²) >= 11 is 0. The maximum atomic E-state index is 12.0. The van der Waals surface area contributed by atoms with E-state index in [2.05, 4.69) is 6.58 Å². The summed E-state index contributed by atoms with van der Waals surface area (Å²) in [4.78, 5) is 25.3. The van der Waals surface area contributed by atoms with Crippen LogP contribution in [0.2, 0.25) is 0 Å². The van der Waals surface area contributed by atoms with Gasteiger partial charge >= 0.3 is 0 Å². The Morgan fingerprint density at radius 2 is 1.75 bits per heavy atom. The fraction of sp³-hybridized carbons (Fsp3) is 0.231. The van der Waals surface area contributed by atoms with Crippen molar-refractivity contribution < 1.29 is 9.59 Å². The zero-order valence-corrected chi connectivity index (χ0v) is 9.14. The lowest BCUT2D eigenvalue weighted by Crippen LogP contribution is -2.37. The van der Waals surface area contributed by atoms with Crippen molar-refractivity contribution in [3.8, 4) is 0 Å². The van der Waals surface area contributed by atoms with Crippen LogP contribution in [0.25, 0.3) is 0 Å². The smallest absolute Gasteiger partial charge is 0.261 e. The van der Waals surface area contributed by atoms with Crippen LogP contribution >= 0.6 is 0 Å². The second-order valence-corrected chi connectivity index (χ2v) is 3.90. The predicted octanol–water partition coefficient (Wildman–Crippen LogP) is 2.25. The Bertz CT molecular complexity index is 430. The highest BCUT2D eigenvalue weighted by atomic mass is 16.2. The molecule has 2 amide bonds. The van der Waals surface area contributed by atoms with Crippen LogP contribution < -0.4 is 0 Å². The molecule has 3 nitrogen and oxygen atoms in total. The fourth-order valence-corrected chi connectivity index (χ4v) is 1.95. The molecule has 0 N–H and O–H groups in total. The molecule has 1 aliphatic rings. The third-order valence-electron chi connectivity index (χ3n) is 2.77. The molecule has 16 heavy (non-hydrogen) atoms. The molecule has 0 spiro atoms. The average molecular weight is 215 g/mol. The lowest BCUT2D eigenvalue weighted by molar-refractivity contribution is 0.0598. The highest BCUT2D eigenvalue weighted by molar-refractivity contribution is 6.21. The lowest BCUT2D eigenvalue weighted by atomic mass is 10.1. The Kier molecular flexibility index (Phi) is 2.60. The SMILES string of the molecule is C=CC[C@@H](C)N1C(=O)c2ccccc2C1=O. The Morgan fingerprint density at radius 3 is 2.19 bits per heavy atom. The average Bonchev–Trinajstić information content (AvgIpc) is 2.53. The van der Waals surface area contributed by atoms with Crippen LogP contribution in [0.1, 0.15) is 34.1 Å². The first kappa shape index (κ1) is 10.6. The van der Waals surface area contributed by atoms with Gasteiger partial charge in [0, 0.05) is 6.04 Å². The quantitative estimate of drug-likeness (QED) is 0.573. The minimum Gasteiger partial charge on any atom is -0.271 e. The highest BCUT2D eigenvalue weighted by Crippen LogP contribution is 2.25. The van der Waals surface area contributed by atoms with Gasteiger partial charge in [-0.15, -0.1) is 6.58 Å². The lowest BCUT2D eigenvalue weighted by Gasteiger charge is -2.20. The predicted molar refractivity (Wildman–Crippen MR) is 61.2 cm³/mol. The summed E-state index contributed by atoms with van der Waals surface area (Å²) in [5, 5.41) is 0. The van der Waals surface area contributed by atoms with Crippen molar-refractivity contribution in [1.82, 2.24) is 4.90 Å². The number of fused-ring (bicyclic) bond motifs is 1. The summed E-state index contributed by atoms with van der Waals surface area (Å²) in [6.45, 7) is 5.47. The maximum Gasteiger partial charge on any atom is 0.261 e. The van der Waals surface area contributed by atoms with Crippen LogP contribution in [0.15, 0.2) is 36.9 Å². The molecule has 0 bridgehead atoms. The molecule has 0 fully saturated rings. The molecule has 3 heteroatoms. The van der Waals surface area contributed by atoms with Crippen LogP contribution in [0, 0.1) is 0 Å². The molecule has 1 heterocycles. The van der Waals surface area contributed by atoms with Crippen LogP contribution in [0.5, 0.6) is 0 Å². The molecule has 1 aromatic carbocycles. The van der Waals surface area contributed by atoms with Gasteiger partial charge in [0.15, 0.2) is 0 Å². The number of imide groups is 1. The van der Waals surface area contributed by atoms with Gasteiger partial charge in [0.2, 0.25) is 0 Å². The second-order valence-electron chi connectivity index (χ2n) is 3.90. The van der Waals surface area contributed by atoms with Crippen molar-refractivity contribution in [2.24, 2.45) is 0 Å². The van der Waals surface area contributed by atoms with E-state index in [9.17, 15) is 9.59 Å². The monoisotopic (exact) mass is 215 g/mol. The van der Waals surface area contributed by atoms with Crippen LogP contribution in [-0.2, 0) is 0 Å². The summed E-state index contributed by atoms with van der Waals surface area (Å²) in [5.74, 6) is -0.398. The van der Waals surface area contributed by atoms with Crippen molar-refractivity contribution in [3.05, 3.63) is 48.0 Å². The van der Waals surface area contributed by atoms with Gasteiger partial charge < -0.3 is 0 Å². The Hall–Kier alpha value is -1.90. The highest BCUT2D eigenvalue weighted by Gasteiger charge is 2.37. The summed E-state index contributed by atoms with van der Waals surface area (Å²) in [7, 11) is 0. The van der Waals surface area contributed by atoms with E-state index in [0.29, 0.717) is 17.5 Å². The summed E-state index contributed by atoms with van der Waals surface area (Å²) in [5.41, 5.74) is 1.01. The molecule has 1 aromatic rings. The second kappa shape index (κ2) is 3.93. The maximum absolute atomic E-state index is 12.0. The number of carbonyl (C=O) groups excluding carboxylic acids is 2. The molecule has 2 rings (SSSR count). The van der Waals surface area contributed by atoms with E-state index in [0.717, 1.165) is 0 Å². The molecule has 0 unspecified atom stereocenters. The van der Waals surface area contributed by atoms with E-state index in [1.807, 2.05) is 6.92 Å². The summed E-state index contributed by atoms with van der Waals surface area (Å²) in [6, 6.07) is 6.79. The molecule has 1 atom stereocenters. The van der Waals surface area contributed by atoms with Gasteiger partial charge in [0.25, 0.3) is 11.8 Å². The van der Waals surface area contributed by atoms with Gasteiger partial charge in [-0.25, -0.2) is 0 Å². The molecular weight excluding hydrogens is 202 g/mol. The Labute approximate surface area is 94.4 Å². The minimum atomic E-state index is -0.199. The van der Waals surface area contributed by atoms with E-state index in [4.69, 9.17) is 0 Å². The molecular formula is C13H13NO2. The number of rotatable bonds is 3. The minimum absolute atomic E-state index is 0.134. The topological polar surface area (TPSA) is 37.4 Å². The number of hydrogen-bond acceptors (Lipinski definition) is 2. The number of benzene rings is 1. The van der Waals surface area contributed by atoms with E-state index >= 15 is 0 Å². The van der Waals surface area contributed by atoms with Crippen LogP contribution in [0.3, 0.4) is 0 Å². The van der Waals surface area contributed by atoms with Crippen molar-refractivity contribution >= 4 is 11.8 Å². The Balaban J connectivity index is 2.38. The third-order valence-corrected chi connectivity index (χ3v) is 2.77. The summed E-state index contributed by atoms with van der Waals surface area (Å²) < 4.78 is 0. The van der Waals surface area contributed by atoms with Gasteiger partial charge in [-0.2, -0.15) is 0 Å². The number of amides is 2. The van der Waals surface area contributed by atoms with E-state index < -0.39 is 0 Å². The fourth-order valence-electron chi connectivity index (χ4n) is 1.95. The van der Waals surface area contributed by atoms with Crippen molar-refractivity contribution in [2.75, 3.05) is 0 Å². The molecule has 0 saturated heterocycles. The largest absolute Gasteiger partial charge is 0.271 e. The van der Waals surface area contributed by atoms with Gasteiger partial charge in [0.05, 0.1) is 11.1 Å². The first-order chi connectivity index (χ1) is 7.66. The van der Waals surface area contributed by atoms with E-state index in [1.165, 1.54) is 4.90 Å². The van der Waals surface area contributed by atoms with Gasteiger partial charge in [0.1, 0.15) is 0 Å². The molecule has 1 aliphatic heterocycles. The molecule has 0 saturated carbocycles. The van der Waals surface area contributed by atoms with Gasteiger partial charge in [-0.3, -0.25) is 14.5 Å². The van der Waals surface area contributed by atoms with Crippen LogP contribution in [-0.4, -0.2) is 22.8 Å². The normalized spacial score (nSPS) is 16.2.